The molecule has 1 amide bonds. The zero-order chi connectivity index (χ0) is 21.0. The number of carbonyl (C=O) groups excluding carboxylic acids is 1. The summed E-state index contributed by atoms with van der Waals surface area (Å²) in [6, 6.07) is 17.0. The van der Waals surface area contributed by atoms with E-state index in [-0.39, 0.29) is 11.5 Å². The van der Waals surface area contributed by atoms with Gasteiger partial charge < -0.3 is 4.90 Å². The van der Waals surface area contributed by atoms with Gasteiger partial charge in [-0.2, -0.15) is 0 Å². The molecule has 0 aliphatic carbocycles. The maximum Gasteiger partial charge on any atom is 0.262 e. The first-order valence-electron chi connectivity index (χ1n) is 9.81. The zero-order valence-electron chi connectivity index (χ0n) is 17.3. The Bertz CT molecular complexity index is 1040. The molecule has 2 aromatic carbocycles. The number of carbonyl (C=O) groups is 1. The Morgan fingerprint density at radius 1 is 1.07 bits per heavy atom. The Morgan fingerprint density at radius 3 is 2.38 bits per heavy atom. The maximum atomic E-state index is 13.2. The van der Waals surface area contributed by atoms with E-state index >= 15 is 0 Å². The second-order valence-electron chi connectivity index (χ2n) is 7.69. The van der Waals surface area contributed by atoms with Gasteiger partial charge in [0.05, 0.1) is 10.9 Å². The van der Waals surface area contributed by atoms with Crippen LogP contribution in [0, 0.1) is 5.92 Å². The van der Waals surface area contributed by atoms with Gasteiger partial charge in [-0.15, -0.1) is 0 Å². The Labute approximate surface area is 175 Å². The van der Waals surface area contributed by atoms with Gasteiger partial charge in [-0.05, 0) is 30.0 Å². The molecule has 6 heteroatoms. The van der Waals surface area contributed by atoms with Gasteiger partial charge in [-0.3, -0.25) is 14.2 Å². The second-order valence-corrected chi connectivity index (χ2v) is 8.76. The molecule has 0 spiro atoms. The lowest BCUT2D eigenvalue weighted by molar-refractivity contribution is -0.128. The highest BCUT2D eigenvalue weighted by Gasteiger charge is 2.26. The highest BCUT2D eigenvalue weighted by Crippen LogP contribution is 2.35. The Morgan fingerprint density at radius 2 is 1.72 bits per heavy atom. The molecule has 1 atom stereocenters. The number of thioether (sulfide) groups is 1. The normalized spacial score (nSPS) is 12.3. The van der Waals surface area contributed by atoms with Crippen molar-refractivity contribution in [1.29, 1.82) is 0 Å². The molecule has 0 radical (unpaired) electrons. The summed E-state index contributed by atoms with van der Waals surface area (Å²) in [5.74, 6) is 0.429. The lowest BCUT2D eigenvalue weighted by Crippen LogP contribution is -2.28. The van der Waals surface area contributed by atoms with Crippen LogP contribution in [0.4, 0.5) is 0 Å². The summed E-state index contributed by atoms with van der Waals surface area (Å²) >= 11 is 1.35. The monoisotopic (exact) mass is 409 g/mol. The van der Waals surface area contributed by atoms with Crippen LogP contribution in [-0.4, -0.2) is 34.5 Å². The minimum atomic E-state index is -0.468. The predicted octanol–water partition coefficient (Wildman–Crippen LogP) is 4.36. The van der Waals surface area contributed by atoms with Crippen LogP contribution in [0.5, 0.6) is 0 Å². The molecule has 0 bridgehead atoms. The SMILES string of the molecule is CC(C)CCn1c(SC(C(=O)N(C)C)c2ccccc2)nc2ccccc2c1=O. The maximum absolute atomic E-state index is 13.2. The molecule has 3 aromatic rings. The number of likely N-dealkylation sites (N-methyl/N-ethyl adjacent to an activating group) is 1. The number of hydrogen-bond acceptors (Lipinski definition) is 4. The van der Waals surface area contributed by atoms with Gasteiger partial charge in [0, 0.05) is 20.6 Å². The zero-order valence-corrected chi connectivity index (χ0v) is 18.1. The molecule has 152 valence electrons. The van der Waals surface area contributed by atoms with Crippen molar-refractivity contribution < 1.29 is 4.79 Å². The molecule has 0 saturated heterocycles. The molecular formula is C23H27N3O2S. The van der Waals surface area contributed by atoms with Crippen molar-refractivity contribution in [3.05, 3.63) is 70.5 Å². The molecule has 0 saturated carbocycles. The van der Waals surface area contributed by atoms with E-state index in [2.05, 4.69) is 13.8 Å². The number of aromatic nitrogens is 2. The molecule has 1 heterocycles. The number of rotatable bonds is 7. The van der Waals surface area contributed by atoms with E-state index in [1.54, 1.807) is 23.6 Å². The van der Waals surface area contributed by atoms with E-state index in [0.717, 1.165) is 12.0 Å². The van der Waals surface area contributed by atoms with Gasteiger partial charge in [0.15, 0.2) is 5.16 Å². The quantitative estimate of drug-likeness (QED) is 0.430. The molecule has 0 aliphatic rings. The van der Waals surface area contributed by atoms with Crippen LogP contribution in [0.25, 0.3) is 10.9 Å². The van der Waals surface area contributed by atoms with Gasteiger partial charge in [0.25, 0.3) is 5.56 Å². The van der Waals surface area contributed by atoms with Crippen molar-refractivity contribution in [2.75, 3.05) is 14.1 Å². The summed E-state index contributed by atoms with van der Waals surface area (Å²) in [6.45, 7) is 4.84. The van der Waals surface area contributed by atoms with Crippen LogP contribution in [0.1, 0.15) is 31.1 Å². The van der Waals surface area contributed by atoms with Crippen LogP contribution in [-0.2, 0) is 11.3 Å². The van der Waals surface area contributed by atoms with Crippen LogP contribution in [0.2, 0.25) is 0 Å². The number of hydrogen-bond donors (Lipinski definition) is 0. The number of amides is 1. The number of nitrogens with zero attached hydrogens (tertiary/aromatic N) is 3. The molecule has 0 N–H and O–H groups in total. The molecular weight excluding hydrogens is 382 g/mol. The highest BCUT2D eigenvalue weighted by atomic mass is 32.2. The van der Waals surface area contributed by atoms with E-state index in [0.29, 0.717) is 28.5 Å². The van der Waals surface area contributed by atoms with Crippen LogP contribution in [0.15, 0.2) is 64.5 Å². The topological polar surface area (TPSA) is 55.2 Å². The third kappa shape index (κ3) is 4.88. The summed E-state index contributed by atoms with van der Waals surface area (Å²) in [5.41, 5.74) is 1.50. The third-order valence-corrected chi connectivity index (χ3v) is 5.98. The van der Waals surface area contributed by atoms with E-state index in [1.807, 2.05) is 54.6 Å². The van der Waals surface area contributed by atoms with Gasteiger partial charge >= 0.3 is 0 Å². The van der Waals surface area contributed by atoms with Crippen LogP contribution >= 0.6 is 11.8 Å². The third-order valence-electron chi connectivity index (χ3n) is 4.75. The summed E-state index contributed by atoms with van der Waals surface area (Å²) in [5, 5.41) is 0.721. The molecule has 5 nitrogen and oxygen atoms in total. The second kappa shape index (κ2) is 9.27. The van der Waals surface area contributed by atoms with Gasteiger partial charge in [-0.1, -0.05) is 68.1 Å². The average molecular weight is 410 g/mol. The fourth-order valence-corrected chi connectivity index (χ4v) is 4.32. The van der Waals surface area contributed by atoms with Gasteiger partial charge in [0.2, 0.25) is 5.91 Å². The first-order valence-corrected chi connectivity index (χ1v) is 10.7. The number of fused-ring (bicyclic) bond motifs is 1. The lowest BCUT2D eigenvalue weighted by atomic mass is 10.1. The Hall–Kier alpha value is -2.60. The summed E-state index contributed by atoms with van der Waals surface area (Å²) in [7, 11) is 3.50. The highest BCUT2D eigenvalue weighted by molar-refractivity contribution is 8.00. The first-order chi connectivity index (χ1) is 13.9. The van der Waals surface area contributed by atoms with Gasteiger partial charge in [-0.25, -0.2) is 4.98 Å². The molecule has 29 heavy (non-hydrogen) atoms. The van der Waals surface area contributed by atoms with Crippen molar-refractivity contribution in [2.24, 2.45) is 5.92 Å². The summed E-state index contributed by atoms with van der Waals surface area (Å²) in [6.07, 6.45) is 0.866. The smallest absolute Gasteiger partial charge is 0.262 e. The van der Waals surface area contributed by atoms with Crippen molar-refractivity contribution in [3.8, 4) is 0 Å². The van der Waals surface area contributed by atoms with Crippen molar-refractivity contribution in [1.82, 2.24) is 14.5 Å². The van der Waals surface area contributed by atoms with Crippen molar-refractivity contribution in [3.63, 3.8) is 0 Å². The van der Waals surface area contributed by atoms with Gasteiger partial charge in [0.1, 0.15) is 5.25 Å². The number of para-hydroxylation sites is 1. The molecule has 1 unspecified atom stereocenters. The summed E-state index contributed by atoms with van der Waals surface area (Å²) in [4.78, 5) is 32.5. The van der Waals surface area contributed by atoms with E-state index in [4.69, 9.17) is 4.98 Å². The minimum absolute atomic E-state index is 0.0287. The lowest BCUT2D eigenvalue weighted by Gasteiger charge is -2.22. The minimum Gasteiger partial charge on any atom is -0.348 e. The van der Waals surface area contributed by atoms with Crippen LogP contribution in [0.3, 0.4) is 0 Å². The summed E-state index contributed by atoms with van der Waals surface area (Å²) < 4.78 is 1.73. The molecule has 1 aromatic heterocycles. The molecule has 3 rings (SSSR count). The van der Waals surface area contributed by atoms with E-state index in [9.17, 15) is 9.59 Å². The molecule has 0 fully saturated rings. The first kappa shape index (κ1) is 21.1. The largest absolute Gasteiger partial charge is 0.348 e. The van der Waals surface area contributed by atoms with E-state index < -0.39 is 5.25 Å². The number of benzene rings is 2. The Kier molecular flexibility index (Phi) is 6.75. The molecule has 0 aliphatic heterocycles. The standard InChI is InChI=1S/C23H27N3O2S/c1-16(2)14-15-26-21(27)18-12-8-9-13-19(18)24-23(26)29-20(22(28)25(3)4)17-10-6-5-7-11-17/h5-13,16,20H,14-15H2,1-4H3. The predicted molar refractivity (Wildman–Crippen MR) is 119 cm³/mol. The van der Waals surface area contributed by atoms with Crippen molar-refractivity contribution >= 4 is 28.6 Å². The van der Waals surface area contributed by atoms with E-state index in [1.165, 1.54) is 11.8 Å². The Balaban J connectivity index is 2.11. The fraction of sp³-hybridized carbons (Fsp3) is 0.348. The average Bonchev–Trinajstić information content (AvgIpc) is 2.71. The van der Waals surface area contributed by atoms with Crippen molar-refractivity contribution in [2.45, 2.75) is 37.2 Å². The van der Waals surface area contributed by atoms with Crippen LogP contribution < -0.4 is 5.56 Å². The fourth-order valence-electron chi connectivity index (χ4n) is 3.05.